The second-order valence-corrected chi connectivity index (χ2v) is 4.58. The van der Waals surface area contributed by atoms with Crippen molar-refractivity contribution in [2.24, 2.45) is 0 Å². The molecule has 0 unspecified atom stereocenters. The molecule has 2 aromatic rings. The van der Waals surface area contributed by atoms with Crippen LogP contribution in [0.3, 0.4) is 0 Å². The number of anilines is 1. The highest BCUT2D eigenvalue weighted by atomic mass is 19.1. The second-order valence-electron chi connectivity index (χ2n) is 4.58. The van der Waals surface area contributed by atoms with Crippen molar-refractivity contribution in [1.29, 1.82) is 0 Å². The SMILES string of the molecule is COc1cc(F)ccc1NC(=O)NCc1ccccc1CO. The van der Waals surface area contributed by atoms with Crippen molar-refractivity contribution < 1.29 is 19.0 Å². The fourth-order valence-corrected chi connectivity index (χ4v) is 1.99. The smallest absolute Gasteiger partial charge is 0.319 e. The molecule has 3 N–H and O–H groups in total. The van der Waals surface area contributed by atoms with Crippen molar-refractivity contribution >= 4 is 11.7 Å². The molecule has 0 bridgehead atoms. The van der Waals surface area contributed by atoms with Crippen molar-refractivity contribution in [2.45, 2.75) is 13.2 Å². The van der Waals surface area contributed by atoms with Gasteiger partial charge in [-0.3, -0.25) is 0 Å². The third-order valence-electron chi connectivity index (χ3n) is 3.14. The Labute approximate surface area is 127 Å². The lowest BCUT2D eigenvalue weighted by Crippen LogP contribution is -2.28. The minimum atomic E-state index is -0.447. The molecule has 0 atom stereocenters. The summed E-state index contributed by atoms with van der Waals surface area (Å²) in [6, 6.07) is 10.7. The van der Waals surface area contributed by atoms with Gasteiger partial charge in [-0.15, -0.1) is 0 Å². The summed E-state index contributed by atoms with van der Waals surface area (Å²) in [6.45, 7) is 0.178. The number of hydrogen-bond donors (Lipinski definition) is 3. The molecule has 0 aliphatic carbocycles. The van der Waals surface area contributed by atoms with E-state index >= 15 is 0 Å². The highest BCUT2D eigenvalue weighted by molar-refractivity contribution is 5.90. The number of ether oxygens (including phenoxy) is 1. The standard InChI is InChI=1S/C16H17FN2O3/c1-22-15-8-13(17)6-7-14(15)19-16(21)18-9-11-4-2-3-5-12(11)10-20/h2-8,20H,9-10H2,1H3,(H2,18,19,21). The number of carbonyl (C=O) groups excluding carboxylic acids is 1. The Kier molecular flexibility index (Phi) is 5.32. The Balaban J connectivity index is 1.99. The Hall–Kier alpha value is -2.60. The molecular weight excluding hydrogens is 287 g/mol. The maximum Gasteiger partial charge on any atom is 0.319 e. The van der Waals surface area contributed by atoms with E-state index in [4.69, 9.17) is 4.74 Å². The van der Waals surface area contributed by atoms with Crippen molar-refractivity contribution in [3.63, 3.8) is 0 Å². The molecule has 2 aromatic carbocycles. The lowest BCUT2D eigenvalue weighted by molar-refractivity contribution is 0.251. The predicted molar refractivity (Wildman–Crippen MR) is 81.2 cm³/mol. The first-order valence-electron chi connectivity index (χ1n) is 6.70. The number of rotatable bonds is 5. The van der Waals surface area contributed by atoms with Crippen LogP contribution in [-0.2, 0) is 13.2 Å². The van der Waals surface area contributed by atoms with Gasteiger partial charge < -0.3 is 20.5 Å². The number of amides is 2. The number of carbonyl (C=O) groups is 1. The summed E-state index contributed by atoms with van der Waals surface area (Å²) in [5.74, 6) is -0.203. The molecule has 116 valence electrons. The molecule has 0 aromatic heterocycles. The number of methoxy groups -OCH3 is 1. The lowest BCUT2D eigenvalue weighted by Gasteiger charge is -2.12. The van der Waals surface area contributed by atoms with Gasteiger partial charge in [0.25, 0.3) is 0 Å². The van der Waals surface area contributed by atoms with Crippen LogP contribution in [0.2, 0.25) is 0 Å². The molecule has 2 rings (SSSR count). The predicted octanol–water partition coefficient (Wildman–Crippen LogP) is 2.65. The van der Waals surface area contributed by atoms with Crippen LogP contribution in [0.4, 0.5) is 14.9 Å². The molecular formula is C16H17FN2O3. The normalized spacial score (nSPS) is 10.1. The molecule has 5 nitrogen and oxygen atoms in total. The van der Waals surface area contributed by atoms with Gasteiger partial charge in [-0.25, -0.2) is 9.18 Å². The quantitative estimate of drug-likeness (QED) is 0.795. The van der Waals surface area contributed by atoms with Crippen LogP contribution in [0.25, 0.3) is 0 Å². The third-order valence-corrected chi connectivity index (χ3v) is 3.14. The monoisotopic (exact) mass is 304 g/mol. The molecule has 0 radical (unpaired) electrons. The highest BCUT2D eigenvalue weighted by Gasteiger charge is 2.09. The molecule has 2 amide bonds. The van der Waals surface area contributed by atoms with Gasteiger partial charge in [0.1, 0.15) is 11.6 Å². The highest BCUT2D eigenvalue weighted by Crippen LogP contribution is 2.24. The van der Waals surface area contributed by atoms with Crippen LogP contribution >= 0.6 is 0 Å². The van der Waals surface area contributed by atoms with E-state index in [1.54, 1.807) is 6.07 Å². The van der Waals surface area contributed by atoms with Gasteiger partial charge >= 0.3 is 6.03 Å². The van der Waals surface area contributed by atoms with E-state index in [1.807, 2.05) is 18.2 Å². The second kappa shape index (κ2) is 7.42. The number of benzene rings is 2. The summed E-state index contributed by atoms with van der Waals surface area (Å²) in [5.41, 5.74) is 1.95. The van der Waals surface area contributed by atoms with E-state index < -0.39 is 11.8 Å². The number of urea groups is 1. The van der Waals surface area contributed by atoms with E-state index in [0.29, 0.717) is 5.69 Å². The number of halogens is 1. The van der Waals surface area contributed by atoms with Crippen molar-refractivity contribution in [3.8, 4) is 5.75 Å². The summed E-state index contributed by atoms with van der Waals surface area (Å²) >= 11 is 0. The molecule has 22 heavy (non-hydrogen) atoms. The van der Waals surface area contributed by atoms with Gasteiger partial charge in [0, 0.05) is 12.6 Å². The van der Waals surface area contributed by atoms with Crippen molar-refractivity contribution in [1.82, 2.24) is 5.32 Å². The summed E-state index contributed by atoms with van der Waals surface area (Å²) in [4.78, 5) is 11.9. The Morgan fingerprint density at radius 1 is 1.23 bits per heavy atom. The van der Waals surface area contributed by atoms with Gasteiger partial charge in [-0.1, -0.05) is 24.3 Å². The molecule has 0 saturated heterocycles. The minimum absolute atomic E-state index is 0.0920. The van der Waals surface area contributed by atoms with E-state index in [2.05, 4.69) is 10.6 Å². The number of nitrogens with one attached hydrogen (secondary N) is 2. The van der Waals surface area contributed by atoms with Crippen LogP contribution in [0, 0.1) is 5.82 Å². The van der Waals surface area contributed by atoms with E-state index in [1.165, 1.54) is 25.3 Å². The maximum absolute atomic E-state index is 13.1. The summed E-state index contributed by atoms with van der Waals surface area (Å²) in [5, 5.41) is 14.5. The average Bonchev–Trinajstić information content (AvgIpc) is 2.54. The first kappa shape index (κ1) is 15.8. The van der Waals surface area contributed by atoms with Crippen molar-refractivity contribution in [2.75, 3.05) is 12.4 Å². The maximum atomic E-state index is 13.1. The van der Waals surface area contributed by atoms with Crippen LogP contribution in [0.1, 0.15) is 11.1 Å². The average molecular weight is 304 g/mol. The van der Waals surface area contributed by atoms with Gasteiger partial charge in [-0.05, 0) is 23.3 Å². The Morgan fingerprint density at radius 3 is 2.64 bits per heavy atom. The fraction of sp³-hybridized carbons (Fsp3) is 0.188. The number of hydrogen-bond acceptors (Lipinski definition) is 3. The van der Waals surface area contributed by atoms with Crippen LogP contribution in [-0.4, -0.2) is 18.2 Å². The molecule has 0 aliphatic heterocycles. The number of aliphatic hydroxyl groups excluding tert-OH is 1. The molecule has 0 fully saturated rings. The van der Waals surface area contributed by atoms with Crippen LogP contribution in [0.5, 0.6) is 5.75 Å². The lowest BCUT2D eigenvalue weighted by atomic mass is 10.1. The zero-order chi connectivity index (χ0) is 15.9. The molecule has 0 saturated carbocycles. The Morgan fingerprint density at radius 2 is 1.95 bits per heavy atom. The largest absolute Gasteiger partial charge is 0.494 e. The van der Waals surface area contributed by atoms with Crippen LogP contribution < -0.4 is 15.4 Å². The van der Waals surface area contributed by atoms with E-state index in [-0.39, 0.29) is 18.9 Å². The first-order valence-corrected chi connectivity index (χ1v) is 6.70. The molecule has 0 spiro atoms. The summed E-state index contributed by atoms with van der Waals surface area (Å²) < 4.78 is 18.1. The van der Waals surface area contributed by atoms with Gasteiger partial charge in [0.15, 0.2) is 0 Å². The zero-order valence-corrected chi connectivity index (χ0v) is 12.1. The van der Waals surface area contributed by atoms with Gasteiger partial charge in [0.2, 0.25) is 0 Å². The number of aliphatic hydroxyl groups is 1. The summed E-state index contributed by atoms with van der Waals surface area (Å²) in [7, 11) is 1.40. The molecule has 0 heterocycles. The third kappa shape index (κ3) is 3.95. The minimum Gasteiger partial charge on any atom is -0.494 e. The zero-order valence-electron chi connectivity index (χ0n) is 12.1. The van der Waals surface area contributed by atoms with E-state index in [0.717, 1.165) is 11.1 Å². The topological polar surface area (TPSA) is 70.6 Å². The Bertz CT molecular complexity index is 662. The summed E-state index contributed by atoms with van der Waals surface area (Å²) in [6.07, 6.45) is 0. The molecule has 0 aliphatic rings. The first-order chi connectivity index (χ1) is 10.6. The molecule has 6 heteroatoms. The van der Waals surface area contributed by atoms with Gasteiger partial charge in [0.05, 0.1) is 19.4 Å². The van der Waals surface area contributed by atoms with Gasteiger partial charge in [-0.2, -0.15) is 0 Å². The fourth-order valence-electron chi connectivity index (χ4n) is 1.99. The van der Waals surface area contributed by atoms with E-state index in [9.17, 15) is 14.3 Å². The van der Waals surface area contributed by atoms with Crippen LogP contribution in [0.15, 0.2) is 42.5 Å². The van der Waals surface area contributed by atoms with Crippen molar-refractivity contribution in [3.05, 3.63) is 59.4 Å².